The molecular formula is C28H37N7O9. The van der Waals surface area contributed by atoms with E-state index in [1.165, 1.54) is 0 Å². The molecule has 0 saturated heterocycles. The molecule has 0 saturated carbocycles. The Hall–Kier alpha value is -5.12. The highest BCUT2D eigenvalue weighted by Gasteiger charge is 2.24. The highest BCUT2D eigenvalue weighted by atomic mass is 16.4. The monoisotopic (exact) mass is 615 g/mol. The van der Waals surface area contributed by atoms with Gasteiger partial charge in [-0.3, -0.25) is 29.3 Å². The average molecular weight is 616 g/mol. The third-order valence-corrected chi connectivity index (χ3v) is 6.14. The van der Waals surface area contributed by atoms with Gasteiger partial charge in [0.25, 0.3) is 0 Å². The number of hydrogen-bond acceptors (Lipinski definition) is 9. The van der Waals surface area contributed by atoms with E-state index in [0.717, 1.165) is 11.4 Å². The van der Waals surface area contributed by atoms with Gasteiger partial charge < -0.3 is 36.6 Å². The maximum absolute atomic E-state index is 12.4. The minimum absolute atomic E-state index is 0.0195. The van der Waals surface area contributed by atoms with Crippen molar-refractivity contribution in [2.75, 3.05) is 13.2 Å². The molecule has 7 N–H and O–H groups in total. The topological polar surface area (TPSA) is 240 Å². The number of nitrogens with one attached hydrogen (secondary N) is 4. The SMILES string of the molecule is O=C(O)CC[C@H](NC(=O)N[C@@H](CCCCNC(=O)CC(=O)NCN(Cc1ccccn1)Cc1ccccn1)C(=O)O)C(=O)O. The van der Waals surface area contributed by atoms with Crippen LogP contribution in [0.5, 0.6) is 0 Å². The second-order valence-corrected chi connectivity index (χ2v) is 9.74. The quantitative estimate of drug-likeness (QED) is 0.0604. The van der Waals surface area contributed by atoms with Crippen molar-refractivity contribution < 1.29 is 44.1 Å². The standard InChI is InChI=1S/C28H37N7O9/c36-23(15-24(37)32-18-35(16-19-7-1-4-12-29-19)17-20-8-2-5-13-30-20)31-14-6-3-9-21(26(40)41)33-28(44)34-22(27(42)43)10-11-25(38)39/h1-2,4-5,7-8,12-13,21-22H,3,6,9-11,14-18H2,(H,31,36)(H,32,37)(H,38,39)(H,40,41)(H,42,43)(H2,33,34,44)/t21-,22-/m0/s1. The Balaban J connectivity index is 1.71. The molecule has 16 heteroatoms. The number of carboxylic acids is 3. The van der Waals surface area contributed by atoms with Crippen molar-refractivity contribution in [2.24, 2.45) is 0 Å². The molecule has 0 aromatic carbocycles. The van der Waals surface area contributed by atoms with Crippen molar-refractivity contribution in [3.8, 4) is 0 Å². The summed E-state index contributed by atoms with van der Waals surface area (Å²) in [6, 6.07) is 7.16. The molecule has 2 heterocycles. The zero-order valence-corrected chi connectivity index (χ0v) is 24.0. The van der Waals surface area contributed by atoms with Gasteiger partial charge in [0, 0.05) is 38.4 Å². The fraction of sp³-hybridized carbons (Fsp3) is 0.429. The predicted molar refractivity (Wildman–Crippen MR) is 154 cm³/mol. The number of hydrogen-bond donors (Lipinski definition) is 7. The molecule has 0 unspecified atom stereocenters. The molecule has 238 valence electrons. The van der Waals surface area contributed by atoms with Gasteiger partial charge in [-0.15, -0.1) is 0 Å². The molecule has 0 radical (unpaired) electrons. The molecule has 2 aromatic rings. The van der Waals surface area contributed by atoms with E-state index in [9.17, 15) is 33.9 Å². The Morgan fingerprint density at radius 2 is 1.27 bits per heavy atom. The van der Waals surface area contributed by atoms with E-state index in [4.69, 9.17) is 10.2 Å². The number of rotatable bonds is 20. The molecule has 16 nitrogen and oxygen atoms in total. The lowest BCUT2D eigenvalue weighted by atomic mass is 10.1. The second kappa shape index (κ2) is 19.1. The summed E-state index contributed by atoms with van der Waals surface area (Å²) in [6.45, 7) is 1.21. The number of aliphatic carboxylic acids is 3. The Bertz CT molecular complexity index is 1210. The van der Waals surface area contributed by atoms with Crippen LogP contribution in [-0.4, -0.2) is 91.2 Å². The minimum atomic E-state index is -1.50. The number of urea groups is 1. The van der Waals surface area contributed by atoms with Gasteiger partial charge in [-0.2, -0.15) is 0 Å². The molecule has 0 spiro atoms. The fourth-order valence-corrected chi connectivity index (χ4v) is 3.92. The largest absolute Gasteiger partial charge is 0.481 e. The number of nitrogens with zero attached hydrogens (tertiary/aromatic N) is 3. The van der Waals surface area contributed by atoms with Gasteiger partial charge in [-0.1, -0.05) is 12.1 Å². The summed E-state index contributed by atoms with van der Waals surface area (Å²) in [6.07, 6.45) is 2.68. The molecular weight excluding hydrogens is 578 g/mol. The predicted octanol–water partition coefficient (Wildman–Crippen LogP) is 0.300. The van der Waals surface area contributed by atoms with E-state index in [1.54, 1.807) is 24.5 Å². The van der Waals surface area contributed by atoms with E-state index in [2.05, 4.69) is 31.2 Å². The third-order valence-electron chi connectivity index (χ3n) is 6.14. The second-order valence-electron chi connectivity index (χ2n) is 9.74. The Labute approximate surface area is 253 Å². The van der Waals surface area contributed by atoms with Crippen LogP contribution in [-0.2, 0) is 37.1 Å². The van der Waals surface area contributed by atoms with Crippen molar-refractivity contribution in [3.05, 3.63) is 60.2 Å². The number of carboxylic acid groups (broad SMARTS) is 3. The van der Waals surface area contributed by atoms with Crippen LogP contribution in [0.15, 0.2) is 48.8 Å². The average Bonchev–Trinajstić information content (AvgIpc) is 2.98. The maximum atomic E-state index is 12.4. The summed E-state index contributed by atoms with van der Waals surface area (Å²) in [5.41, 5.74) is 1.60. The molecule has 0 fully saturated rings. The molecule has 2 aromatic heterocycles. The number of carbonyl (C=O) groups is 6. The summed E-state index contributed by atoms with van der Waals surface area (Å²) in [5, 5.41) is 36.7. The van der Waals surface area contributed by atoms with E-state index in [0.29, 0.717) is 19.5 Å². The number of carbonyl (C=O) groups excluding carboxylic acids is 3. The summed E-state index contributed by atoms with van der Waals surface area (Å²) in [5.74, 6) is -5.05. The van der Waals surface area contributed by atoms with Gasteiger partial charge in [0.15, 0.2) is 0 Å². The first-order valence-electron chi connectivity index (χ1n) is 13.8. The third kappa shape index (κ3) is 14.7. The number of amides is 4. The van der Waals surface area contributed by atoms with E-state index >= 15 is 0 Å². The Morgan fingerprint density at radius 1 is 0.727 bits per heavy atom. The van der Waals surface area contributed by atoms with Crippen LogP contribution >= 0.6 is 0 Å². The summed E-state index contributed by atoms with van der Waals surface area (Å²) < 4.78 is 0. The van der Waals surface area contributed by atoms with Gasteiger partial charge in [-0.05, 0) is 49.9 Å². The van der Waals surface area contributed by atoms with Crippen molar-refractivity contribution >= 4 is 35.8 Å². The molecule has 4 amide bonds. The zero-order chi connectivity index (χ0) is 32.3. The van der Waals surface area contributed by atoms with Crippen LogP contribution in [0.2, 0.25) is 0 Å². The van der Waals surface area contributed by atoms with E-state index in [1.807, 2.05) is 29.2 Å². The van der Waals surface area contributed by atoms with Crippen molar-refractivity contribution in [2.45, 2.75) is 63.7 Å². The highest BCUT2D eigenvalue weighted by Crippen LogP contribution is 2.06. The molecule has 2 atom stereocenters. The number of aromatic nitrogens is 2. The van der Waals surface area contributed by atoms with Gasteiger partial charge in [0.05, 0.1) is 18.1 Å². The maximum Gasteiger partial charge on any atom is 0.326 e. The molecule has 2 rings (SSSR count). The van der Waals surface area contributed by atoms with Crippen LogP contribution in [0.25, 0.3) is 0 Å². The Morgan fingerprint density at radius 3 is 1.77 bits per heavy atom. The first kappa shape index (κ1) is 35.1. The molecule has 0 bridgehead atoms. The highest BCUT2D eigenvalue weighted by molar-refractivity contribution is 5.96. The van der Waals surface area contributed by atoms with E-state index < -0.39 is 60.7 Å². The first-order chi connectivity index (χ1) is 21.0. The lowest BCUT2D eigenvalue weighted by Crippen LogP contribution is -2.51. The van der Waals surface area contributed by atoms with Crippen LogP contribution in [0.3, 0.4) is 0 Å². The van der Waals surface area contributed by atoms with Gasteiger partial charge in [0.1, 0.15) is 18.5 Å². The molecule has 44 heavy (non-hydrogen) atoms. The molecule has 0 aliphatic heterocycles. The number of unbranched alkanes of at least 4 members (excludes halogenated alkanes) is 1. The van der Waals surface area contributed by atoms with Crippen LogP contribution in [0.4, 0.5) is 4.79 Å². The summed E-state index contributed by atoms with van der Waals surface area (Å²) in [4.78, 5) is 80.7. The van der Waals surface area contributed by atoms with Crippen LogP contribution < -0.4 is 21.3 Å². The van der Waals surface area contributed by atoms with E-state index in [-0.39, 0.29) is 32.5 Å². The van der Waals surface area contributed by atoms with Crippen LogP contribution in [0.1, 0.15) is 49.9 Å². The molecule has 0 aliphatic rings. The minimum Gasteiger partial charge on any atom is -0.481 e. The van der Waals surface area contributed by atoms with Crippen LogP contribution in [0, 0.1) is 0 Å². The summed E-state index contributed by atoms with van der Waals surface area (Å²) >= 11 is 0. The summed E-state index contributed by atoms with van der Waals surface area (Å²) in [7, 11) is 0. The zero-order valence-electron chi connectivity index (χ0n) is 24.0. The molecule has 0 aliphatic carbocycles. The lowest BCUT2D eigenvalue weighted by Gasteiger charge is -2.22. The normalized spacial score (nSPS) is 12.0. The van der Waals surface area contributed by atoms with Gasteiger partial charge >= 0.3 is 23.9 Å². The van der Waals surface area contributed by atoms with Crippen molar-refractivity contribution in [1.29, 1.82) is 0 Å². The van der Waals surface area contributed by atoms with Crippen molar-refractivity contribution in [3.63, 3.8) is 0 Å². The smallest absolute Gasteiger partial charge is 0.326 e. The first-order valence-corrected chi connectivity index (χ1v) is 13.8. The van der Waals surface area contributed by atoms with Gasteiger partial charge in [0.2, 0.25) is 11.8 Å². The van der Waals surface area contributed by atoms with Gasteiger partial charge in [-0.25, -0.2) is 14.4 Å². The van der Waals surface area contributed by atoms with Crippen molar-refractivity contribution in [1.82, 2.24) is 36.1 Å². The number of pyridine rings is 2. The Kier molecular flexibility index (Phi) is 15.3. The fourth-order valence-electron chi connectivity index (χ4n) is 3.92. The lowest BCUT2D eigenvalue weighted by molar-refractivity contribution is -0.141.